The van der Waals surface area contributed by atoms with Crippen LogP contribution < -0.4 is 5.32 Å². The van der Waals surface area contributed by atoms with Crippen LogP contribution in [0.4, 0.5) is 4.39 Å². The lowest BCUT2D eigenvalue weighted by molar-refractivity contribution is 0.120. The van der Waals surface area contributed by atoms with E-state index in [9.17, 15) is 4.39 Å². The summed E-state index contributed by atoms with van der Waals surface area (Å²) in [5, 5.41) is 3.07. The number of piperidine rings is 1. The van der Waals surface area contributed by atoms with Crippen LogP contribution >= 0.6 is 0 Å². The summed E-state index contributed by atoms with van der Waals surface area (Å²) in [4.78, 5) is 0. The zero-order valence-corrected chi connectivity index (χ0v) is 7.77. The van der Waals surface area contributed by atoms with Gasteiger partial charge in [0.15, 0.2) is 5.67 Å². The summed E-state index contributed by atoms with van der Waals surface area (Å²) in [6.07, 6.45) is 4.62. The van der Waals surface area contributed by atoms with E-state index in [-0.39, 0.29) is 0 Å². The molecule has 13 heavy (non-hydrogen) atoms. The van der Waals surface area contributed by atoms with E-state index < -0.39 is 5.67 Å². The van der Waals surface area contributed by atoms with Gasteiger partial charge in [-0.05, 0) is 31.9 Å². The van der Waals surface area contributed by atoms with E-state index in [1.165, 1.54) is 6.26 Å². The number of aryl methyl sites for hydroxylation is 1. The van der Waals surface area contributed by atoms with Crippen LogP contribution in [0.25, 0.3) is 0 Å². The number of halogens is 1. The predicted octanol–water partition coefficient (Wildman–Crippen LogP) is 2.14. The molecule has 1 N–H and O–H groups in total. The molecule has 2 rings (SSSR count). The van der Waals surface area contributed by atoms with E-state index >= 15 is 0 Å². The molecule has 1 aromatic rings. The first-order valence-electron chi connectivity index (χ1n) is 4.65. The third kappa shape index (κ3) is 1.48. The fourth-order valence-electron chi connectivity index (χ4n) is 1.92. The Morgan fingerprint density at radius 1 is 1.54 bits per heavy atom. The Morgan fingerprint density at radius 3 is 2.92 bits per heavy atom. The molecule has 0 amide bonds. The van der Waals surface area contributed by atoms with Crippen LogP contribution in [-0.2, 0) is 5.67 Å². The van der Waals surface area contributed by atoms with Crippen molar-refractivity contribution in [1.29, 1.82) is 0 Å². The molecule has 1 atom stereocenters. The topological polar surface area (TPSA) is 25.2 Å². The maximum atomic E-state index is 14.3. The zero-order valence-electron chi connectivity index (χ0n) is 7.77. The predicted molar refractivity (Wildman–Crippen MR) is 48.3 cm³/mol. The molecule has 1 fully saturated rings. The number of alkyl halides is 1. The van der Waals surface area contributed by atoms with Crippen LogP contribution in [0, 0.1) is 6.92 Å². The van der Waals surface area contributed by atoms with Crippen LogP contribution in [0.3, 0.4) is 0 Å². The number of hydrogen-bond acceptors (Lipinski definition) is 2. The summed E-state index contributed by atoms with van der Waals surface area (Å²) in [6, 6.07) is 0. The zero-order chi connectivity index (χ0) is 9.31. The number of rotatable bonds is 1. The van der Waals surface area contributed by atoms with Crippen molar-refractivity contribution in [2.24, 2.45) is 0 Å². The normalized spacial score (nSPS) is 29.1. The SMILES string of the molecule is Cc1cocc1C1(F)CCCNC1. The van der Waals surface area contributed by atoms with Crippen LogP contribution in [0.5, 0.6) is 0 Å². The molecule has 2 nitrogen and oxygen atoms in total. The molecule has 1 aromatic heterocycles. The fraction of sp³-hybridized carbons (Fsp3) is 0.600. The van der Waals surface area contributed by atoms with Crippen molar-refractivity contribution >= 4 is 0 Å². The molecule has 2 heterocycles. The van der Waals surface area contributed by atoms with Crippen molar-refractivity contribution in [3.8, 4) is 0 Å². The van der Waals surface area contributed by atoms with E-state index in [2.05, 4.69) is 5.32 Å². The van der Waals surface area contributed by atoms with Gasteiger partial charge < -0.3 is 9.73 Å². The van der Waals surface area contributed by atoms with Gasteiger partial charge in [-0.25, -0.2) is 4.39 Å². The molecule has 0 spiro atoms. The average Bonchev–Trinajstić information content (AvgIpc) is 2.53. The first kappa shape index (κ1) is 8.75. The third-order valence-electron chi connectivity index (χ3n) is 2.67. The summed E-state index contributed by atoms with van der Waals surface area (Å²) in [7, 11) is 0. The van der Waals surface area contributed by atoms with Crippen molar-refractivity contribution in [1.82, 2.24) is 5.32 Å². The summed E-state index contributed by atoms with van der Waals surface area (Å²) in [6.45, 7) is 3.21. The first-order valence-corrected chi connectivity index (χ1v) is 4.65. The van der Waals surface area contributed by atoms with Crippen molar-refractivity contribution in [3.63, 3.8) is 0 Å². The number of hydrogen-bond donors (Lipinski definition) is 1. The van der Waals surface area contributed by atoms with Crippen LogP contribution in [0.1, 0.15) is 24.0 Å². The average molecular weight is 183 g/mol. The fourth-order valence-corrected chi connectivity index (χ4v) is 1.92. The Kier molecular flexibility index (Phi) is 2.12. The Labute approximate surface area is 77.1 Å². The van der Waals surface area contributed by atoms with E-state index in [1.54, 1.807) is 6.26 Å². The summed E-state index contributed by atoms with van der Waals surface area (Å²) in [5.74, 6) is 0. The quantitative estimate of drug-likeness (QED) is 0.721. The van der Waals surface area contributed by atoms with E-state index in [0.717, 1.165) is 18.5 Å². The van der Waals surface area contributed by atoms with Crippen molar-refractivity contribution in [2.45, 2.75) is 25.4 Å². The molecule has 0 bridgehead atoms. The Bertz CT molecular complexity index is 289. The van der Waals surface area contributed by atoms with Gasteiger partial charge in [0.05, 0.1) is 12.5 Å². The third-order valence-corrected chi connectivity index (χ3v) is 2.67. The number of furan rings is 1. The smallest absolute Gasteiger partial charge is 0.151 e. The van der Waals surface area contributed by atoms with Gasteiger partial charge in [0.2, 0.25) is 0 Å². The van der Waals surface area contributed by atoms with Crippen LogP contribution in [-0.4, -0.2) is 13.1 Å². The highest BCUT2D eigenvalue weighted by Gasteiger charge is 2.35. The highest BCUT2D eigenvalue weighted by Crippen LogP contribution is 2.34. The summed E-state index contributed by atoms with van der Waals surface area (Å²) >= 11 is 0. The van der Waals surface area contributed by atoms with Gasteiger partial charge in [0, 0.05) is 12.1 Å². The Morgan fingerprint density at radius 2 is 2.38 bits per heavy atom. The molecule has 1 unspecified atom stereocenters. The van der Waals surface area contributed by atoms with Gasteiger partial charge in [-0.2, -0.15) is 0 Å². The second kappa shape index (κ2) is 3.14. The minimum atomic E-state index is -1.21. The minimum Gasteiger partial charge on any atom is -0.472 e. The molecule has 0 aliphatic carbocycles. The second-order valence-corrected chi connectivity index (χ2v) is 3.71. The molecular weight excluding hydrogens is 169 g/mol. The van der Waals surface area contributed by atoms with E-state index in [4.69, 9.17) is 4.42 Å². The highest BCUT2D eigenvalue weighted by molar-refractivity contribution is 5.27. The lowest BCUT2D eigenvalue weighted by atomic mass is 9.88. The largest absolute Gasteiger partial charge is 0.472 e. The monoisotopic (exact) mass is 183 g/mol. The molecule has 72 valence electrons. The van der Waals surface area contributed by atoms with Gasteiger partial charge in [-0.1, -0.05) is 0 Å². The minimum absolute atomic E-state index is 0.410. The van der Waals surface area contributed by atoms with E-state index in [0.29, 0.717) is 18.5 Å². The lowest BCUT2D eigenvalue weighted by Gasteiger charge is -2.29. The molecule has 3 heteroatoms. The van der Waals surface area contributed by atoms with E-state index in [1.807, 2.05) is 6.92 Å². The molecule has 0 aromatic carbocycles. The standard InChI is InChI=1S/C10H14FNO/c1-8-5-13-6-9(8)10(11)3-2-4-12-7-10/h5-6,12H,2-4,7H2,1H3. The Hall–Kier alpha value is -0.830. The van der Waals surface area contributed by atoms with Gasteiger partial charge >= 0.3 is 0 Å². The first-order chi connectivity index (χ1) is 6.22. The van der Waals surface area contributed by atoms with Gasteiger partial charge in [-0.3, -0.25) is 0 Å². The summed E-state index contributed by atoms with van der Waals surface area (Å²) in [5.41, 5.74) is 0.404. The van der Waals surface area contributed by atoms with Crippen molar-refractivity contribution in [3.05, 3.63) is 23.7 Å². The maximum Gasteiger partial charge on any atom is 0.151 e. The highest BCUT2D eigenvalue weighted by atomic mass is 19.1. The second-order valence-electron chi connectivity index (χ2n) is 3.71. The summed E-state index contributed by atoms with van der Waals surface area (Å²) < 4.78 is 19.3. The number of nitrogens with one attached hydrogen (secondary N) is 1. The molecular formula is C10H14FNO. The van der Waals surface area contributed by atoms with Crippen LogP contribution in [0.2, 0.25) is 0 Å². The lowest BCUT2D eigenvalue weighted by Crippen LogP contribution is -2.40. The molecule has 1 saturated heterocycles. The van der Waals surface area contributed by atoms with Crippen LogP contribution in [0.15, 0.2) is 16.9 Å². The van der Waals surface area contributed by atoms with Crippen molar-refractivity contribution < 1.29 is 8.81 Å². The van der Waals surface area contributed by atoms with Crippen molar-refractivity contribution in [2.75, 3.05) is 13.1 Å². The Balaban J connectivity index is 2.27. The van der Waals surface area contributed by atoms with Gasteiger partial charge in [-0.15, -0.1) is 0 Å². The molecule has 0 radical (unpaired) electrons. The molecule has 1 aliphatic rings. The maximum absolute atomic E-state index is 14.3. The van der Waals surface area contributed by atoms with Gasteiger partial charge in [0.1, 0.15) is 0 Å². The molecule has 1 aliphatic heterocycles. The van der Waals surface area contributed by atoms with Gasteiger partial charge in [0.25, 0.3) is 0 Å². The molecule has 0 saturated carbocycles.